The zero-order valence-corrected chi connectivity index (χ0v) is 25.8. The second kappa shape index (κ2) is 14.0. The number of nitrogens with zero attached hydrogens (tertiary/aromatic N) is 2. The van der Waals surface area contributed by atoms with E-state index in [1.807, 2.05) is 13.0 Å². The standard InChI is InChI=1S/C34H48N4O4/c1-5-38(29-10-14-41-15-11-29)32-20-28(27-8-6-26(7-9-27)22-37-12-16-42-17-13-37)19-30(25(32)4)33(39)35-21-31-23(2)18-24(3)36-34(31)40/h6-9,19-20,23-24,29,31H,5,10-18,21-22H2,1-4H3,(H,35,39)(H,36,40). The molecule has 3 fully saturated rings. The predicted molar refractivity (Wildman–Crippen MR) is 167 cm³/mol. The molecule has 0 bridgehead atoms. The minimum atomic E-state index is -0.221. The van der Waals surface area contributed by atoms with E-state index in [0.29, 0.717) is 18.2 Å². The number of rotatable bonds is 9. The van der Waals surface area contributed by atoms with Crippen molar-refractivity contribution < 1.29 is 19.1 Å². The van der Waals surface area contributed by atoms with Gasteiger partial charge in [0.25, 0.3) is 5.91 Å². The molecule has 3 saturated heterocycles. The molecule has 8 nitrogen and oxygen atoms in total. The number of carbonyl (C=O) groups is 2. The Bertz CT molecular complexity index is 1220. The van der Waals surface area contributed by atoms with Crippen LogP contribution in [0.15, 0.2) is 36.4 Å². The van der Waals surface area contributed by atoms with Crippen molar-refractivity contribution in [2.75, 3.05) is 57.5 Å². The Hall–Kier alpha value is -2.94. The van der Waals surface area contributed by atoms with E-state index in [-0.39, 0.29) is 29.7 Å². The van der Waals surface area contributed by atoms with E-state index in [9.17, 15) is 9.59 Å². The molecule has 5 rings (SSSR count). The van der Waals surface area contributed by atoms with Crippen LogP contribution >= 0.6 is 0 Å². The Morgan fingerprint density at radius 2 is 1.71 bits per heavy atom. The number of nitrogens with one attached hydrogen (secondary N) is 2. The molecule has 8 heteroatoms. The summed E-state index contributed by atoms with van der Waals surface area (Å²) in [6.45, 7) is 15.5. The van der Waals surface area contributed by atoms with Gasteiger partial charge in [-0.2, -0.15) is 0 Å². The van der Waals surface area contributed by atoms with Crippen LogP contribution < -0.4 is 15.5 Å². The molecule has 2 aromatic carbocycles. The highest BCUT2D eigenvalue weighted by atomic mass is 16.5. The highest BCUT2D eigenvalue weighted by molar-refractivity contribution is 5.99. The van der Waals surface area contributed by atoms with Gasteiger partial charge < -0.3 is 25.0 Å². The van der Waals surface area contributed by atoms with E-state index >= 15 is 0 Å². The first-order valence-electron chi connectivity index (χ1n) is 15.8. The molecule has 2 aromatic rings. The largest absolute Gasteiger partial charge is 0.381 e. The SMILES string of the molecule is CCN(c1cc(-c2ccc(CN3CCOCC3)cc2)cc(C(=O)NCC2C(=O)NC(C)CC2C)c1C)C1CCOCC1. The third-order valence-electron chi connectivity index (χ3n) is 9.32. The number of hydrogen-bond donors (Lipinski definition) is 2. The second-order valence-electron chi connectivity index (χ2n) is 12.3. The van der Waals surface area contributed by atoms with Gasteiger partial charge in [0.05, 0.1) is 19.1 Å². The molecule has 3 aliphatic heterocycles. The monoisotopic (exact) mass is 576 g/mol. The molecule has 3 aliphatic rings. The molecule has 3 heterocycles. The fourth-order valence-corrected chi connectivity index (χ4v) is 6.82. The lowest BCUT2D eigenvalue weighted by Crippen LogP contribution is -2.50. The van der Waals surface area contributed by atoms with E-state index in [0.717, 1.165) is 94.2 Å². The molecule has 3 unspecified atom stereocenters. The molecule has 0 aromatic heterocycles. The number of ether oxygens (including phenoxy) is 2. The molecule has 0 aliphatic carbocycles. The van der Waals surface area contributed by atoms with Crippen molar-refractivity contribution in [3.63, 3.8) is 0 Å². The summed E-state index contributed by atoms with van der Waals surface area (Å²) in [6.07, 6.45) is 2.87. The second-order valence-corrected chi connectivity index (χ2v) is 12.3. The summed E-state index contributed by atoms with van der Waals surface area (Å²) in [5, 5.41) is 6.18. The van der Waals surface area contributed by atoms with Crippen molar-refractivity contribution in [1.82, 2.24) is 15.5 Å². The summed E-state index contributed by atoms with van der Waals surface area (Å²) in [5.41, 5.74) is 6.14. The first kappa shape index (κ1) is 30.5. The van der Waals surface area contributed by atoms with Gasteiger partial charge in [-0.25, -0.2) is 0 Å². The quantitative estimate of drug-likeness (QED) is 0.461. The third-order valence-corrected chi connectivity index (χ3v) is 9.32. The molecule has 0 saturated carbocycles. The fraction of sp³-hybridized carbons (Fsp3) is 0.588. The maximum atomic E-state index is 13.8. The predicted octanol–water partition coefficient (Wildman–Crippen LogP) is 4.39. The van der Waals surface area contributed by atoms with E-state index < -0.39 is 0 Å². The summed E-state index contributed by atoms with van der Waals surface area (Å²) < 4.78 is 11.2. The van der Waals surface area contributed by atoms with Crippen LogP contribution in [-0.2, 0) is 20.8 Å². The summed E-state index contributed by atoms with van der Waals surface area (Å²) in [6, 6.07) is 13.6. The normalized spacial score (nSPS) is 23.8. The zero-order valence-electron chi connectivity index (χ0n) is 25.8. The van der Waals surface area contributed by atoms with Crippen LogP contribution in [0.2, 0.25) is 0 Å². The number of anilines is 1. The Kier molecular flexibility index (Phi) is 10.2. The highest BCUT2D eigenvalue weighted by Gasteiger charge is 2.33. The molecule has 2 N–H and O–H groups in total. The van der Waals surface area contributed by atoms with Crippen LogP contribution in [0, 0.1) is 18.8 Å². The van der Waals surface area contributed by atoms with Gasteiger partial charge in [-0.3, -0.25) is 14.5 Å². The maximum absolute atomic E-state index is 13.8. The van der Waals surface area contributed by atoms with Crippen molar-refractivity contribution in [2.45, 2.75) is 65.6 Å². The topological polar surface area (TPSA) is 83.1 Å². The van der Waals surface area contributed by atoms with Crippen molar-refractivity contribution >= 4 is 17.5 Å². The molecule has 42 heavy (non-hydrogen) atoms. The first-order chi connectivity index (χ1) is 20.3. The van der Waals surface area contributed by atoms with Gasteiger partial charge in [0, 0.05) is 69.3 Å². The number of hydrogen-bond acceptors (Lipinski definition) is 6. The van der Waals surface area contributed by atoms with Crippen LogP contribution in [0.1, 0.15) is 61.5 Å². The molecular formula is C34H48N4O4. The Balaban J connectivity index is 1.42. The lowest BCUT2D eigenvalue weighted by molar-refractivity contribution is -0.129. The molecule has 2 amide bonds. The highest BCUT2D eigenvalue weighted by Crippen LogP contribution is 2.34. The van der Waals surface area contributed by atoms with Crippen LogP contribution in [0.25, 0.3) is 11.1 Å². The average molecular weight is 577 g/mol. The van der Waals surface area contributed by atoms with Gasteiger partial charge >= 0.3 is 0 Å². The van der Waals surface area contributed by atoms with Crippen LogP contribution in [0.4, 0.5) is 5.69 Å². The van der Waals surface area contributed by atoms with Crippen LogP contribution in [0.5, 0.6) is 0 Å². The lowest BCUT2D eigenvalue weighted by atomic mass is 9.84. The third kappa shape index (κ3) is 7.16. The Labute approximate surface area is 251 Å². The van der Waals surface area contributed by atoms with Crippen molar-refractivity contribution in [1.29, 1.82) is 0 Å². The lowest BCUT2D eigenvalue weighted by Gasteiger charge is -2.37. The molecular weight excluding hydrogens is 528 g/mol. The van der Waals surface area contributed by atoms with E-state index in [4.69, 9.17) is 9.47 Å². The Morgan fingerprint density at radius 1 is 1.02 bits per heavy atom. The minimum Gasteiger partial charge on any atom is -0.381 e. The molecule has 3 atom stereocenters. The van der Waals surface area contributed by atoms with Gasteiger partial charge in [0.15, 0.2) is 0 Å². The van der Waals surface area contributed by atoms with Gasteiger partial charge in [-0.05, 0) is 80.3 Å². The average Bonchev–Trinajstić information content (AvgIpc) is 2.99. The van der Waals surface area contributed by atoms with Gasteiger partial charge in [0.2, 0.25) is 5.91 Å². The van der Waals surface area contributed by atoms with E-state index in [2.05, 4.69) is 71.5 Å². The maximum Gasteiger partial charge on any atom is 0.251 e. The van der Waals surface area contributed by atoms with E-state index in [1.165, 1.54) is 5.56 Å². The fourth-order valence-electron chi connectivity index (χ4n) is 6.82. The van der Waals surface area contributed by atoms with Gasteiger partial charge in [-0.1, -0.05) is 31.2 Å². The number of carbonyl (C=O) groups excluding carboxylic acids is 2. The number of piperidine rings is 1. The summed E-state index contributed by atoms with van der Waals surface area (Å²) >= 11 is 0. The van der Waals surface area contributed by atoms with E-state index in [1.54, 1.807) is 0 Å². The van der Waals surface area contributed by atoms with Crippen LogP contribution in [0.3, 0.4) is 0 Å². The Morgan fingerprint density at radius 3 is 2.38 bits per heavy atom. The molecule has 0 spiro atoms. The van der Waals surface area contributed by atoms with Crippen molar-refractivity contribution in [2.24, 2.45) is 11.8 Å². The smallest absolute Gasteiger partial charge is 0.251 e. The first-order valence-corrected chi connectivity index (χ1v) is 15.8. The molecule has 228 valence electrons. The minimum absolute atomic E-state index is 0.0292. The van der Waals surface area contributed by atoms with Gasteiger partial charge in [0.1, 0.15) is 0 Å². The van der Waals surface area contributed by atoms with Crippen LogP contribution in [-0.4, -0.2) is 81.4 Å². The zero-order chi connectivity index (χ0) is 29.6. The summed E-state index contributed by atoms with van der Waals surface area (Å²) in [7, 11) is 0. The van der Waals surface area contributed by atoms with Gasteiger partial charge in [-0.15, -0.1) is 0 Å². The number of benzene rings is 2. The number of morpholine rings is 1. The summed E-state index contributed by atoms with van der Waals surface area (Å²) in [4.78, 5) is 31.3. The van der Waals surface area contributed by atoms with Crippen molar-refractivity contribution in [3.05, 3.63) is 53.1 Å². The number of amides is 2. The van der Waals surface area contributed by atoms with Crippen molar-refractivity contribution in [3.8, 4) is 11.1 Å². The summed E-state index contributed by atoms with van der Waals surface area (Å²) in [5.74, 6) is -0.0960. The molecule has 0 radical (unpaired) electrons.